The number of amides is 3. The van der Waals surface area contributed by atoms with Crippen molar-refractivity contribution in [2.75, 3.05) is 5.32 Å². The molecule has 0 radical (unpaired) electrons. The van der Waals surface area contributed by atoms with Gasteiger partial charge in [-0.3, -0.25) is 10.1 Å². The summed E-state index contributed by atoms with van der Waals surface area (Å²) in [7, 11) is 0. The number of halogens is 3. The van der Waals surface area contributed by atoms with Crippen molar-refractivity contribution in [1.82, 2.24) is 5.32 Å². The Labute approximate surface area is 130 Å². The molecule has 0 aromatic heterocycles. The Morgan fingerprint density at radius 2 is 1.57 bits per heavy atom. The van der Waals surface area contributed by atoms with Crippen LogP contribution in [0.5, 0.6) is 0 Å². The fourth-order valence-corrected chi connectivity index (χ4v) is 1.90. The van der Waals surface area contributed by atoms with Gasteiger partial charge in [-0.25, -0.2) is 4.79 Å². The normalized spacial score (nSPS) is 11.0. The first kappa shape index (κ1) is 16.5. The lowest BCUT2D eigenvalue weighted by atomic mass is 10.1. The molecule has 7 heteroatoms. The summed E-state index contributed by atoms with van der Waals surface area (Å²) in [5, 5.41) is 4.42. The van der Waals surface area contributed by atoms with Gasteiger partial charge in [-0.2, -0.15) is 13.2 Å². The molecule has 0 spiro atoms. The van der Waals surface area contributed by atoms with Crippen molar-refractivity contribution < 1.29 is 22.8 Å². The van der Waals surface area contributed by atoms with E-state index in [0.29, 0.717) is 11.1 Å². The molecule has 0 fully saturated rings. The molecule has 0 saturated heterocycles. The van der Waals surface area contributed by atoms with E-state index in [1.165, 1.54) is 0 Å². The van der Waals surface area contributed by atoms with Gasteiger partial charge in [-0.1, -0.05) is 18.2 Å². The Morgan fingerprint density at radius 3 is 2.13 bits per heavy atom. The van der Waals surface area contributed by atoms with E-state index in [1.807, 2.05) is 0 Å². The largest absolute Gasteiger partial charge is 0.416 e. The minimum Gasteiger partial charge on any atom is -0.308 e. The summed E-state index contributed by atoms with van der Waals surface area (Å²) in [6, 6.07) is 9.81. The zero-order valence-electron chi connectivity index (χ0n) is 12.1. The van der Waals surface area contributed by atoms with E-state index in [0.717, 1.165) is 24.3 Å². The summed E-state index contributed by atoms with van der Waals surface area (Å²) in [5.74, 6) is -0.590. The summed E-state index contributed by atoms with van der Waals surface area (Å²) in [6.07, 6.45) is -4.44. The van der Waals surface area contributed by atoms with Crippen LogP contribution in [-0.4, -0.2) is 11.9 Å². The van der Waals surface area contributed by atoms with E-state index >= 15 is 0 Å². The fraction of sp³-hybridized carbons (Fsp3) is 0.125. The van der Waals surface area contributed by atoms with Crippen LogP contribution in [0.15, 0.2) is 48.5 Å². The third-order valence-electron chi connectivity index (χ3n) is 3.09. The van der Waals surface area contributed by atoms with Crippen LogP contribution < -0.4 is 10.6 Å². The van der Waals surface area contributed by atoms with Crippen LogP contribution in [-0.2, 0) is 6.18 Å². The zero-order chi connectivity index (χ0) is 17.0. The van der Waals surface area contributed by atoms with Crippen molar-refractivity contribution >= 4 is 17.6 Å². The second-order valence-electron chi connectivity index (χ2n) is 4.80. The standard InChI is InChI=1S/C16H13F3N2O2/c1-10-4-2-3-5-13(10)14(22)21-15(23)20-12-8-6-11(7-9-12)16(17,18)19/h2-9H,1H3,(H2,20,21,22,23). The van der Waals surface area contributed by atoms with Crippen LogP contribution in [0.2, 0.25) is 0 Å². The molecule has 0 aliphatic rings. The Balaban J connectivity index is 2.00. The number of nitrogens with one attached hydrogen (secondary N) is 2. The molecule has 3 amide bonds. The summed E-state index contributed by atoms with van der Waals surface area (Å²) in [5.41, 5.74) is 0.370. The van der Waals surface area contributed by atoms with Gasteiger partial charge in [0.15, 0.2) is 0 Å². The lowest BCUT2D eigenvalue weighted by molar-refractivity contribution is -0.137. The number of urea groups is 1. The number of anilines is 1. The maximum Gasteiger partial charge on any atom is 0.416 e. The highest BCUT2D eigenvalue weighted by Crippen LogP contribution is 2.29. The highest BCUT2D eigenvalue weighted by atomic mass is 19.4. The van der Waals surface area contributed by atoms with E-state index in [2.05, 4.69) is 10.6 Å². The SMILES string of the molecule is Cc1ccccc1C(=O)NC(=O)Nc1ccc(C(F)(F)F)cc1. The summed E-state index contributed by atoms with van der Waals surface area (Å²) >= 11 is 0. The molecular weight excluding hydrogens is 309 g/mol. The number of carbonyl (C=O) groups is 2. The number of alkyl halides is 3. The number of rotatable bonds is 2. The molecule has 0 atom stereocenters. The van der Waals surface area contributed by atoms with Gasteiger partial charge in [0.05, 0.1) is 5.56 Å². The number of hydrogen-bond donors (Lipinski definition) is 2. The monoisotopic (exact) mass is 322 g/mol. The Kier molecular flexibility index (Phi) is 4.68. The summed E-state index contributed by atoms with van der Waals surface area (Å²) < 4.78 is 37.3. The van der Waals surface area contributed by atoms with Gasteiger partial charge in [-0.15, -0.1) is 0 Å². The zero-order valence-corrected chi connectivity index (χ0v) is 12.1. The molecule has 2 rings (SSSR count). The topological polar surface area (TPSA) is 58.2 Å². The lowest BCUT2D eigenvalue weighted by Crippen LogP contribution is -2.34. The van der Waals surface area contributed by atoms with Gasteiger partial charge >= 0.3 is 12.2 Å². The van der Waals surface area contributed by atoms with Crippen LogP contribution in [0, 0.1) is 6.92 Å². The average Bonchev–Trinajstić information content (AvgIpc) is 2.47. The van der Waals surface area contributed by atoms with Gasteiger partial charge < -0.3 is 5.32 Å². The molecule has 120 valence electrons. The maximum atomic E-state index is 12.4. The van der Waals surface area contributed by atoms with Crippen LogP contribution in [0.3, 0.4) is 0 Å². The van der Waals surface area contributed by atoms with Crippen LogP contribution >= 0.6 is 0 Å². The predicted octanol–water partition coefficient (Wildman–Crippen LogP) is 3.98. The minimum atomic E-state index is -4.44. The van der Waals surface area contributed by atoms with Gasteiger partial charge in [0.25, 0.3) is 5.91 Å². The number of aryl methyl sites for hydroxylation is 1. The molecule has 0 saturated carbocycles. The van der Waals surface area contributed by atoms with E-state index in [-0.39, 0.29) is 5.69 Å². The Bertz CT molecular complexity index is 725. The van der Waals surface area contributed by atoms with Crippen LogP contribution in [0.1, 0.15) is 21.5 Å². The van der Waals surface area contributed by atoms with Gasteiger partial charge in [0, 0.05) is 11.3 Å². The van der Waals surface area contributed by atoms with Crippen molar-refractivity contribution in [3.8, 4) is 0 Å². The molecule has 0 aliphatic carbocycles. The van der Waals surface area contributed by atoms with Crippen molar-refractivity contribution in [1.29, 1.82) is 0 Å². The first-order chi connectivity index (χ1) is 10.8. The number of imide groups is 1. The second-order valence-corrected chi connectivity index (χ2v) is 4.80. The maximum absolute atomic E-state index is 12.4. The molecule has 2 aromatic carbocycles. The van der Waals surface area contributed by atoms with Gasteiger partial charge in [0.2, 0.25) is 0 Å². The molecule has 2 N–H and O–H groups in total. The smallest absolute Gasteiger partial charge is 0.308 e. The molecule has 4 nitrogen and oxygen atoms in total. The van der Waals surface area contributed by atoms with E-state index in [1.54, 1.807) is 31.2 Å². The van der Waals surface area contributed by atoms with Crippen molar-refractivity contribution in [3.05, 3.63) is 65.2 Å². The van der Waals surface area contributed by atoms with E-state index < -0.39 is 23.7 Å². The summed E-state index contributed by atoms with van der Waals surface area (Å²) in [6.45, 7) is 1.72. The average molecular weight is 322 g/mol. The minimum absolute atomic E-state index is 0.146. The lowest BCUT2D eigenvalue weighted by Gasteiger charge is -2.10. The van der Waals surface area contributed by atoms with Crippen molar-refractivity contribution in [2.45, 2.75) is 13.1 Å². The number of hydrogen-bond acceptors (Lipinski definition) is 2. The van der Waals surface area contributed by atoms with Crippen molar-refractivity contribution in [2.24, 2.45) is 0 Å². The third kappa shape index (κ3) is 4.32. The number of benzene rings is 2. The van der Waals surface area contributed by atoms with E-state index in [9.17, 15) is 22.8 Å². The summed E-state index contributed by atoms with van der Waals surface area (Å²) in [4.78, 5) is 23.7. The number of carbonyl (C=O) groups excluding carboxylic acids is 2. The molecule has 0 aliphatic heterocycles. The molecule has 23 heavy (non-hydrogen) atoms. The van der Waals surface area contributed by atoms with Crippen LogP contribution in [0.4, 0.5) is 23.7 Å². The third-order valence-corrected chi connectivity index (χ3v) is 3.09. The molecule has 2 aromatic rings. The van der Waals surface area contributed by atoms with Gasteiger partial charge in [0.1, 0.15) is 0 Å². The first-order valence-electron chi connectivity index (χ1n) is 6.62. The molecular formula is C16H13F3N2O2. The predicted molar refractivity (Wildman–Crippen MR) is 79.1 cm³/mol. The highest BCUT2D eigenvalue weighted by molar-refractivity contribution is 6.08. The quantitative estimate of drug-likeness (QED) is 0.879. The highest BCUT2D eigenvalue weighted by Gasteiger charge is 2.30. The van der Waals surface area contributed by atoms with Crippen molar-refractivity contribution in [3.63, 3.8) is 0 Å². The second kappa shape index (κ2) is 6.51. The van der Waals surface area contributed by atoms with E-state index in [4.69, 9.17) is 0 Å². The molecule has 0 unspecified atom stereocenters. The molecule has 0 heterocycles. The Morgan fingerprint density at radius 1 is 0.957 bits per heavy atom. The fourth-order valence-electron chi connectivity index (χ4n) is 1.90. The molecule has 0 bridgehead atoms. The Hall–Kier alpha value is -2.83. The van der Waals surface area contributed by atoms with Crippen LogP contribution in [0.25, 0.3) is 0 Å². The first-order valence-corrected chi connectivity index (χ1v) is 6.62. The van der Waals surface area contributed by atoms with Gasteiger partial charge in [-0.05, 0) is 42.8 Å².